The number of aromatic nitrogens is 3. The van der Waals surface area contributed by atoms with E-state index in [2.05, 4.69) is 46.1 Å². The molecule has 2 heterocycles. The van der Waals surface area contributed by atoms with Gasteiger partial charge in [0.2, 0.25) is 0 Å². The molecule has 0 fully saturated rings. The van der Waals surface area contributed by atoms with Gasteiger partial charge >= 0.3 is 0 Å². The number of pyridine rings is 1. The quantitative estimate of drug-likeness (QED) is 0.574. The largest absolute Gasteiger partial charge is 0.489 e. The molecule has 0 aliphatic carbocycles. The number of fused-ring (bicyclic) bond motifs is 1. The Bertz CT molecular complexity index is 992. The van der Waals surface area contributed by atoms with Crippen molar-refractivity contribution in [2.75, 3.05) is 0 Å². The second-order valence-corrected chi connectivity index (χ2v) is 5.93. The number of hydrogen-bond donors (Lipinski definition) is 1. The highest BCUT2D eigenvalue weighted by atomic mass is 16.5. The van der Waals surface area contributed by atoms with Crippen LogP contribution in [-0.2, 0) is 13.0 Å². The minimum absolute atomic E-state index is 0.558. The van der Waals surface area contributed by atoms with Crippen LogP contribution >= 0.6 is 0 Å². The number of hydrogen-bond acceptors (Lipinski definition) is 3. The maximum Gasteiger partial charge on any atom is 0.177 e. The summed E-state index contributed by atoms with van der Waals surface area (Å²) >= 11 is 0. The molecule has 2 aromatic heterocycles. The topological polar surface area (TPSA) is 50.8 Å². The summed E-state index contributed by atoms with van der Waals surface area (Å²) in [6.45, 7) is 2.63. The average molecular weight is 329 g/mol. The molecule has 0 bridgehead atoms. The van der Waals surface area contributed by atoms with Crippen molar-refractivity contribution in [1.29, 1.82) is 0 Å². The third kappa shape index (κ3) is 3.38. The van der Waals surface area contributed by atoms with Gasteiger partial charge in [-0.25, -0.2) is 9.97 Å². The monoisotopic (exact) mass is 329 g/mol. The van der Waals surface area contributed by atoms with Gasteiger partial charge < -0.3 is 9.72 Å². The Balaban J connectivity index is 1.58. The average Bonchev–Trinajstić information content (AvgIpc) is 3.10. The van der Waals surface area contributed by atoms with Crippen molar-refractivity contribution < 1.29 is 4.74 Å². The van der Waals surface area contributed by atoms with Crippen LogP contribution in [0.1, 0.15) is 18.3 Å². The molecule has 0 amide bonds. The Kier molecular flexibility index (Phi) is 4.17. The maximum atomic E-state index is 5.92. The Morgan fingerprint density at radius 1 is 0.960 bits per heavy atom. The summed E-state index contributed by atoms with van der Waals surface area (Å²) in [6, 6.07) is 20.3. The summed E-state index contributed by atoms with van der Waals surface area (Å²) in [5.74, 6) is 1.81. The first kappa shape index (κ1) is 15.4. The van der Waals surface area contributed by atoms with Gasteiger partial charge in [-0.1, -0.05) is 49.4 Å². The number of benzene rings is 2. The zero-order valence-corrected chi connectivity index (χ0v) is 14.1. The van der Waals surface area contributed by atoms with E-state index in [-0.39, 0.29) is 0 Å². The highest BCUT2D eigenvalue weighted by molar-refractivity contribution is 5.78. The Hall–Kier alpha value is -3.14. The molecule has 0 radical (unpaired) electrons. The van der Waals surface area contributed by atoms with Crippen LogP contribution in [-0.4, -0.2) is 15.0 Å². The van der Waals surface area contributed by atoms with E-state index in [1.807, 2.05) is 42.6 Å². The second-order valence-electron chi connectivity index (χ2n) is 5.93. The minimum Gasteiger partial charge on any atom is -0.489 e. The smallest absolute Gasteiger partial charge is 0.177 e. The summed E-state index contributed by atoms with van der Waals surface area (Å²) in [6.07, 6.45) is 2.73. The van der Waals surface area contributed by atoms with E-state index >= 15 is 0 Å². The molecule has 1 N–H and O–H groups in total. The first-order chi connectivity index (χ1) is 12.3. The van der Waals surface area contributed by atoms with E-state index in [0.29, 0.717) is 6.61 Å². The molecule has 124 valence electrons. The third-order valence-electron chi connectivity index (χ3n) is 4.14. The maximum absolute atomic E-state index is 5.92. The predicted octanol–water partition coefficient (Wildman–Crippen LogP) is 4.77. The minimum atomic E-state index is 0.558. The molecule has 0 atom stereocenters. The van der Waals surface area contributed by atoms with Crippen molar-refractivity contribution in [2.45, 2.75) is 20.0 Å². The summed E-state index contributed by atoms with van der Waals surface area (Å²) < 4.78 is 5.92. The van der Waals surface area contributed by atoms with Crippen LogP contribution in [0.25, 0.3) is 22.3 Å². The van der Waals surface area contributed by atoms with Crippen LogP contribution < -0.4 is 4.74 Å². The van der Waals surface area contributed by atoms with Crippen molar-refractivity contribution >= 4 is 11.2 Å². The van der Waals surface area contributed by atoms with Crippen LogP contribution in [0.4, 0.5) is 0 Å². The van der Waals surface area contributed by atoms with E-state index in [0.717, 1.165) is 45.8 Å². The Morgan fingerprint density at radius 2 is 1.84 bits per heavy atom. The summed E-state index contributed by atoms with van der Waals surface area (Å²) in [5, 5.41) is 0. The molecule has 4 rings (SSSR count). The van der Waals surface area contributed by atoms with Gasteiger partial charge in [-0.05, 0) is 29.3 Å². The number of H-pyrrole nitrogens is 1. The Morgan fingerprint density at radius 3 is 2.68 bits per heavy atom. The molecule has 25 heavy (non-hydrogen) atoms. The molecule has 4 aromatic rings. The van der Waals surface area contributed by atoms with E-state index in [1.54, 1.807) is 0 Å². The van der Waals surface area contributed by atoms with Crippen LogP contribution in [0.2, 0.25) is 0 Å². The van der Waals surface area contributed by atoms with Crippen LogP contribution in [0.3, 0.4) is 0 Å². The van der Waals surface area contributed by atoms with Gasteiger partial charge in [0.25, 0.3) is 0 Å². The fourth-order valence-electron chi connectivity index (χ4n) is 2.78. The Labute approximate surface area is 146 Å². The predicted molar refractivity (Wildman–Crippen MR) is 99.5 cm³/mol. The van der Waals surface area contributed by atoms with Crippen molar-refractivity contribution in [3.05, 3.63) is 78.2 Å². The number of rotatable bonds is 5. The van der Waals surface area contributed by atoms with E-state index < -0.39 is 0 Å². The molecule has 0 saturated heterocycles. The van der Waals surface area contributed by atoms with Gasteiger partial charge in [0.05, 0.1) is 5.52 Å². The van der Waals surface area contributed by atoms with E-state index in [9.17, 15) is 0 Å². The van der Waals surface area contributed by atoms with Gasteiger partial charge in [-0.3, -0.25) is 0 Å². The summed E-state index contributed by atoms with van der Waals surface area (Å²) in [7, 11) is 0. The van der Waals surface area contributed by atoms with Crippen LogP contribution in [0.5, 0.6) is 5.75 Å². The molecule has 0 aliphatic rings. The van der Waals surface area contributed by atoms with Crippen LogP contribution in [0, 0.1) is 0 Å². The fourth-order valence-corrected chi connectivity index (χ4v) is 2.78. The lowest BCUT2D eigenvalue weighted by Gasteiger charge is -2.08. The zero-order chi connectivity index (χ0) is 17.1. The normalized spacial score (nSPS) is 10.9. The van der Waals surface area contributed by atoms with Gasteiger partial charge in [0.1, 0.15) is 18.2 Å². The molecule has 0 saturated carbocycles. The molecular formula is C21H19N3O. The van der Waals surface area contributed by atoms with Crippen molar-refractivity contribution in [2.24, 2.45) is 0 Å². The number of imidazole rings is 1. The number of nitrogens with one attached hydrogen (secondary N) is 1. The lowest BCUT2D eigenvalue weighted by atomic mass is 10.1. The lowest BCUT2D eigenvalue weighted by molar-refractivity contribution is 0.306. The van der Waals surface area contributed by atoms with Gasteiger partial charge in [0, 0.05) is 18.2 Å². The molecule has 0 spiro atoms. The van der Waals surface area contributed by atoms with Crippen molar-refractivity contribution in [3.63, 3.8) is 0 Å². The van der Waals surface area contributed by atoms with E-state index in [1.165, 1.54) is 0 Å². The first-order valence-corrected chi connectivity index (χ1v) is 8.43. The summed E-state index contributed by atoms with van der Waals surface area (Å²) in [4.78, 5) is 12.2. The molecule has 0 aliphatic heterocycles. The molecular weight excluding hydrogens is 310 g/mol. The number of aromatic amines is 1. The second kappa shape index (κ2) is 6.77. The van der Waals surface area contributed by atoms with Gasteiger partial charge in [0.15, 0.2) is 5.65 Å². The zero-order valence-electron chi connectivity index (χ0n) is 14.1. The highest BCUT2D eigenvalue weighted by Gasteiger charge is 2.06. The number of nitrogens with zero attached hydrogens (tertiary/aromatic N) is 2. The molecule has 2 aromatic carbocycles. The van der Waals surface area contributed by atoms with Gasteiger partial charge in [-0.2, -0.15) is 0 Å². The lowest BCUT2D eigenvalue weighted by Crippen LogP contribution is -1.95. The number of ether oxygens (including phenoxy) is 1. The van der Waals surface area contributed by atoms with Gasteiger partial charge in [-0.15, -0.1) is 0 Å². The first-order valence-electron chi connectivity index (χ1n) is 8.43. The third-order valence-corrected chi connectivity index (χ3v) is 4.14. The number of aryl methyl sites for hydroxylation is 1. The molecule has 0 unspecified atom stereocenters. The fraction of sp³-hybridized carbons (Fsp3) is 0.143. The molecule has 4 nitrogen and oxygen atoms in total. The van der Waals surface area contributed by atoms with Crippen molar-refractivity contribution in [1.82, 2.24) is 15.0 Å². The highest BCUT2D eigenvalue weighted by Crippen LogP contribution is 2.26. The summed E-state index contributed by atoms with van der Waals surface area (Å²) in [5.41, 5.74) is 5.00. The van der Waals surface area contributed by atoms with Crippen molar-refractivity contribution in [3.8, 4) is 16.9 Å². The SMILES string of the molecule is CCc1nc2ncc(-c3cccc(OCc4ccccc4)c3)cc2[nH]1. The standard InChI is InChI=1S/C21H19N3O/c1-2-20-23-19-12-17(13-22-21(19)24-20)16-9-6-10-18(11-16)25-14-15-7-4-3-5-8-15/h3-13H,2,14H2,1H3,(H,22,23,24). The van der Waals surface area contributed by atoms with Crippen LogP contribution in [0.15, 0.2) is 66.9 Å². The van der Waals surface area contributed by atoms with E-state index in [4.69, 9.17) is 4.74 Å². The molecule has 4 heteroatoms.